The fraction of sp³-hybridized carbons (Fsp3) is 0.714. The predicted octanol–water partition coefficient (Wildman–Crippen LogP) is 1.11. The molecule has 1 saturated heterocycles. The Labute approximate surface area is 141 Å². The van der Waals surface area contributed by atoms with Crippen molar-refractivity contribution in [1.29, 1.82) is 0 Å². The standard InChI is InChI=1S/C14H23N2O5PS/c1-8(2)12(19)23-9-6-10(17)16(11(9)18)15-13(20)14(3,4)7-22(5)21/h8-9,21H,6-7H2,1-5H3,(H,15,20). The smallest absolute Gasteiger partial charge is 0.262 e. The largest absolute Gasteiger partial charge is 0.374 e. The molecule has 1 rings (SSSR count). The molecule has 2 unspecified atom stereocenters. The Morgan fingerprint density at radius 1 is 1.43 bits per heavy atom. The lowest BCUT2D eigenvalue weighted by Crippen LogP contribution is -2.51. The quantitative estimate of drug-likeness (QED) is 0.542. The molecule has 7 nitrogen and oxygen atoms in total. The molecule has 9 heteroatoms. The number of nitrogens with one attached hydrogen (secondary N) is 1. The summed E-state index contributed by atoms with van der Waals surface area (Å²) in [7, 11) is -1.29. The number of imide groups is 1. The van der Waals surface area contributed by atoms with E-state index in [1.165, 1.54) is 0 Å². The van der Waals surface area contributed by atoms with Gasteiger partial charge in [0.05, 0.1) is 11.8 Å². The van der Waals surface area contributed by atoms with Gasteiger partial charge in [-0.3, -0.25) is 24.6 Å². The summed E-state index contributed by atoms with van der Waals surface area (Å²) in [6, 6.07) is 0. The van der Waals surface area contributed by atoms with Crippen molar-refractivity contribution in [2.45, 2.75) is 39.4 Å². The second-order valence-electron chi connectivity index (χ2n) is 6.49. The van der Waals surface area contributed by atoms with E-state index in [1.807, 2.05) is 0 Å². The summed E-state index contributed by atoms with van der Waals surface area (Å²) in [5.41, 5.74) is 1.42. The van der Waals surface area contributed by atoms with Crippen molar-refractivity contribution in [3.8, 4) is 0 Å². The van der Waals surface area contributed by atoms with Gasteiger partial charge in [-0.2, -0.15) is 5.01 Å². The lowest BCUT2D eigenvalue weighted by Gasteiger charge is -2.27. The van der Waals surface area contributed by atoms with Gasteiger partial charge in [-0.05, 0) is 6.66 Å². The minimum atomic E-state index is -1.29. The van der Waals surface area contributed by atoms with Crippen molar-refractivity contribution < 1.29 is 24.1 Å². The van der Waals surface area contributed by atoms with Crippen molar-refractivity contribution in [3.63, 3.8) is 0 Å². The van der Waals surface area contributed by atoms with Gasteiger partial charge in [0.2, 0.25) is 11.8 Å². The van der Waals surface area contributed by atoms with Crippen LogP contribution in [0.25, 0.3) is 0 Å². The van der Waals surface area contributed by atoms with Crippen molar-refractivity contribution in [3.05, 3.63) is 0 Å². The Morgan fingerprint density at radius 2 is 2.00 bits per heavy atom. The van der Waals surface area contributed by atoms with Gasteiger partial charge in [0.25, 0.3) is 5.91 Å². The fourth-order valence-corrected chi connectivity index (χ4v) is 4.26. The second-order valence-corrected chi connectivity index (χ2v) is 9.33. The topological polar surface area (TPSA) is 104 Å². The summed E-state index contributed by atoms with van der Waals surface area (Å²) < 4.78 is 0. The zero-order valence-corrected chi connectivity index (χ0v) is 15.7. The molecule has 3 amide bonds. The highest BCUT2D eigenvalue weighted by atomic mass is 32.2. The van der Waals surface area contributed by atoms with Crippen LogP contribution in [0.4, 0.5) is 0 Å². The number of hydrogen-bond donors (Lipinski definition) is 2. The Hall–Kier alpha value is -0.980. The Morgan fingerprint density at radius 3 is 2.48 bits per heavy atom. The van der Waals surface area contributed by atoms with Gasteiger partial charge >= 0.3 is 0 Å². The molecule has 2 atom stereocenters. The number of thioether (sulfide) groups is 1. The summed E-state index contributed by atoms with van der Waals surface area (Å²) in [5.74, 6) is -1.86. The maximum absolute atomic E-state index is 12.3. The van der Waals surface area contributed by atoms with Gasteiger partial charge in [-0.1, -0.05) is 39.5 Å². The van der Waals surface area contributed by atoms with E-state index >= 15 is 0 Å². The molecule has 0 radical (unpaired) electrons. The number of carbonyl (C=O) groups excluding carboxylic acids is 4. The molecule has 0 aromatic carbocycles. The van der Waals surface area contributed by atoms with Crippen LogP contribution in [0.2, 0.25) is 0 Å². The molecule has 0 spiro atoms. The van der Waals surface area contributed by atoms with Crippen LogP contribution in [0.5, 0.6) is 0 Å². The third-order valence-corrected chi connectivity index (χ3v) is 5.89. The SMILES string of the molecule is CC(C)C(=O)SC1CC(=O)N(NC(=O)C(C)(C)CP(C)O)C1=O. The predicted molar refractivity (Wildman–Crippen MR) is 89.5 cm³/mol. The minimum absolute atomic E-state index is 0.108. The Balaban J connectivity index is 2.74. The second kappa shape index (κ2) is 7.73. The number of nitrogens with zero attached hydrogens (tertiary/aromatic N) is 1. The van der Waals surface area contributed by atoms with E-state index in [0.29, 0.717) is 5.01 Å². The fourth-order valence-electron chi connectivity index (χ4n) is 1.99. The van der Waals surface area contributed by atoms with Gasteiger partial charge < -0.3 is 4.89 Å². The van der Waals surface area contributed by atoms with Crippen molar-refractivity contribution in [2.24, 2.45) is 11.3 Å². The molecule has 130 valence electrons. The number of carbonyl (C=O) groups is 4. The normalized spacial score (nSPS) is 20.1. The van der Waals surface area contributed by atoms with E-state index < -0.39 is 36.5 Å². The molecule has 1 fully saturated rings. The van der Waals surface area contributed by atoms with Gasteiger partial charge in [-0.25, -0.2) is 0 Å². The van der Waals surface area contributed by atoms with Gasteiger partial charge in [0.1, 0.15) is 5.25 Å². The third-order valence-electron chi connectivity index (χ3n) is 3.29. The van der Waals surface area contributed by atoms with Crippen LogP contribution in [0, 0.1) is 11.3 Å². The first-order chi connectivity index (χ1) is 10.5. The highest BCUT2D eigenvalue weighted by molar-refractivity contribution is 8.14. The van der Waals surface area contributed by atoms with Crippen LogP contribution in [-0.4, -0.2) is 50.8 Å². The first kappa shape index (κ1) is 20.1. The van der Waals surface area contributed by atoms with Gasteiger partial charge in [0, 0.05) is 20.2 Å². The zero-order chi connectivity index (χ0) is 17.9. The molecule has 1 heterocycles. The third kappa shape index (κ3) is 5.26. The summed E-state index contributed by atoms with van der Waals surface area (Å²) in [4.78, 5) is 57.7. The van der Waals surface area contributed by atoms with Crippen LogP contribution in [0.15, 0.2) is 0 Å². The summed E-state index contributed by atoms with van der Waals surface area (Å²) in [5, 5.41) is -0.256. The lowest BCUT2D eigenvalue weighted by atomic mass is 9.96. The molecule has 2 N–H and O–H groups in total. The van der Waals surface area contributed by atoms with E-state index in [2.05, 4.69) is 5.43 Å². The number of hydrogen-bond acceptors (Lipinski definition) is 6. The van der Waals surface area contributed by atoms with Crippen LogP contribution < -0.4 is 5.43 Å². The summed E-state index contributed by atoms with van der Waals surface area (Å²) in [6.45, 7) is 8.33. The highest BCUT2D eigenvalue weighted by Crippen LogP contribution is 2.34. The average Bonchev–Trinajstić information content (AvgIpc) is 2.64. The van der Waals surface area contributed by atoms with E-state index in [1.54, 1.807) is 34.4 Å². The first-order valence-corrected chi connectivity index (χ1v) is 10.0. The number of hydrazine groups is 1. The molecule has 0 aliphatic carbocycles. The van der Waals surface area contributed by atoms with Gasteiger partial charge in [-0.15, -0.1) is 0 Å². The monoisotopic (exact) mass is 362 g/mol. The Kier molecular flexibility index (Phi) is 6.74. The molecule has 1 aliphatic rings. The average molecular weight is 362 g/mol. The zero-order valence-electron chi connectivity index (χ0n) is 14.0. The molecular weight excluding hydrogens is 339 g/mol. The molecule has 23 heavy (non-hydrogen) atoms. The van der Waals surface area contributed by atoms with Crippen LogP contribution in [-0.2, 0) is 19.2 Å². The summed E-state index contributed by atoms with van der Waals surface area (Å²) in [6.07, 6.45) is 0.150. The lowest BCUT2D eigenvalue weighted by molar-refractivity contribution is -0.150. The van der Waals surface area contributed by atoms with Crippen LogP contribution in [0.3, 0.4) is 0 Å². The number of rotatable bonds is 6. The van der Waals surface area contributed by atoms with Crippen molar-refractivity contribution in [1.82, 2.24) is 10.4 Å². The Bertz CT molecular complexity index is 521. The van der Waals surface area contributed by atoms with Crippen LogP contribution >= 0.6 is 19.9 Å². The molecular formula is C14H23N2O5PS. The summed E-state index contributed by atoms with van der Waals surface area (Å²) >= 11 is 0.837. The molecule has 0 bridgehead atoms. The number of amides is 3. The first-order valence-electron chi connectivity index (χ1n) is 7.24. The van der Waals surface area contributed by atoms with Gasteiger partial charge in [0.15, 0.2) is 5.12 Å². The molecule has 1 aliphatic heterocycles. The van der Waals surface area contributed by atoms with E-state index in [9.17, 15) is 24.1 Å². The van der Waals surface area contributed by atoms with E-state index in [-0.39, 0.29) is 23.6 Å². The van der Waals surface area contributed by atoms with Crippen LogP contribution in [0.1, 0.15) is 34.1 Å². The maximum atomic E-state index is 12.3. The highest BCUT2D eigenvalue weighted by Gasteiger charge is 2.43. The molecule has 0 saturated carbocycles. The maximum Gasteiger partial charge on any atom is 0.262 e. The minimum Gasteiger partial charge on any atom is -0.374 e. The van der Waals surface area contributed by atoms with Crippen molar-refractivity contribution in [2.75, 3.05) is 12.8 Å². The van der Waals surface area contributed by atoms with E-state index in [4.69, 9.17) is 0 Å². The van der Waals surface area contributed by atoms with E-state index in [0.717, 1.165) is 11.8 Å². The molecule has 0 aromatic rings. The van der Waals surface area contributed by atoms with Crippen molar-refractivity contribution >= 4 is 42.7 Å². The molecule has 0 aromatic heterocycles.